The van der Waals surface area contributed by atoms with Crippen LogP contribution >= 0.6 is 0 Å². The van der Waals surface area contributed by atoms with Gasteiger partial charge in [0.15, 0.2) is 5.69 Å². The number of nitrogens with zero attached hydrogens (tertiary/aromatic N) is 2. The van der Waals surface area contributed by atoms with Gasteiger partial charge < -0.3 is 19.5 Å². The van der Waals surface area contributed by atoms with E-state index in [0.29, 0.717) is 12.2 Å². The van der Waals surface area contributed by atoms with Crippen LogP contribution in [0.5, 0.6) is 0 Å². The number of ether oxygens (including phenoxy) is 1. The summed E-state index contributed by atoms with van der Waals surface area (Å²) in [5, 5.41) is 6.79. The van der Waals surface area contributed by atoms with Crippen molar-refractivity contribution in [3.63, 3.8) is 0 Å². The average molecular weight is 412 g/mol. The van der Waals surface area contributed by atoms with Crippen molar-refractivity contribution >= 4 is 5.91 Å². The van der Waals surface area contributed by atoms with Crippen molar-refractivity contribution < 1.29 is 14.1 Å². The summed E-state index contributed by atoms with van der Waals surface area (Å²) in [6.45, 7) is 5.87. The lowest BCUT2D eigenvalue weighted by Gasteiger charge is -2.39. The maximum Gasteiger partial charge on any atom is 0.273 e. The van der Waals surface area contributed by atoms with E-state index in [1.165, 1.54) is 12.0 Å². The summed E-state index contributed by atoms with van der Waals surface area (Å²) in [5.74, 6) is 0.544. The second kappa shape index (κ2) is 9.75. The van der Waals surface area contributed by atoms with Crippen LogP contribution in [0, 0.1) is 0 Å². The molecule has 1 atom stereocenters. The third kappa shape index (κ3) is 5.29. The van der Waals surface area contributed by atoms with Crippen molar-refractivity contribution in [2.45, 2.75) is 63.6 Å². The highest BCUT2D eigenvalue weighted by Crippen LogP contribution is 2.38. The van der Waals surface area contributed by atoms with Crippen molar-refractivity contribution in [2.75, 3.05) is 26.2 Å². The van der Waals surface area contributed by atoms with Crippen molar-refractivity contribution in [3.8, 4) is 0 Å². The average Bonchev–Trinajstić information content (AvgIpc) is 3.42. The zero-order valence-corrected chi connectivity index (χ0v) is 17.9. The molecule has 0 saturated carbocycles. The van der Waals surface area contributed by atoms with Gasteiger partial charge in [0.2, 0.25) is 0 Å². The number of amides is 1. The molecular weight excluding hydrogens is 378 g/mol. The monoisotopic (exact) mass is 411 g/mol. The predicted molar refractivity (Wildman–Crippen MR) is 115 cm³/mol. The minimum absolute atomic E-state index is 0.00853. The van der Waals surface area contributed by atoms with Gasteiger partial charge in [0.1, 0.15) is 5.76 Å². The van der Waals surface area contributed by atoms with Gasteiger partial charge in [0, 0.05) is 32.1 Å². The normalized spacial score (nSPS) is 21.2. The Hall–Kier alpha value is -2.18. The van der Waals surface area contributed by atoms with Gasteiger partial charge in [-0.25, -0.2) is 0 Å². The minimum atomic E-state index is -0.184. The maximum atomic E-state index is 12.2. The van der Waals surface area contributed by atoms with Crippen molar-refractivity contribution in [2.24, 2.45) is 0 Å². The highest BCUT2D eigenvalue weighted by molar-refractivity contribution is 5.92. The Labute approximate surface area is 179 Å². The smallest absolute Gasteiger partial charge is 0.273 e. The Morgan fingerprint density at radius 1 is 1.23 bits per heavy atom. The SMILES string of the molecule is CCc1cc(C(=O)NCC2CCC3(CCN(CCCc4ccccc4)CC3)O2)no1. The van der Waals surface area contributed by atoms with Gasteiger partial charge in [-0.15, -0.1) is 0 Å². The molecule has 1 aromatic carbocycles. The summed E-state index contributed by atoms with van der Waals surface area (Å²) < 4.78 is 11.6. The van der Waals surface area contributed by atoms with E-state index in [2.05, 4.69) is 45.7 Å². The summed E-state index contributed by atoms with van der Waals surface area (Å²) >= 11 is 0. The van der Waals surface area contributed by atoms with Crippen LogP contribution in [0.15, 0.2) is 40.9 Å². The highest BCUT2D eigenvalue weighted by atomic mass is 16.5. The zero-order valence-electron chi connectivity index (χ0n) is 17.9. The van der Waals surface area contributed by atoms with E-state index in [4.69, 9.17) is 9.26 Å². The molecule has 30 heavy (non-hydrogen) atoms. The van der Waals surface area contributed by atoms with Gasteiger partial charge in [-0.1, -0.05) is 42.4 Å². The first-order valence-electron chi connectivity index (χ1n) is 11.3. The Kier molecular flexibility index (Phi) is 6.85. The molecule has 0 radical (unpaired) electrons. The van der Waals surface area contributed by atoms with E-state index in [0.717, 1.165) is 63.9 Å². The lowest BCUT2D eigenvalue weighted by Crippen LogP contribution is -2.45. The van der Waals surface area contributed by atoms with Crippen LogP contribution in [0.4, 0.5) is 0 Å². The van der Waals surface area contributed by atoms with Gasteiger partial charge in [-0.05, 0) is 50.6 Å². The second-order valence-corrected chi connectivity index (χ2v) is 8.63. The number of rotatable bonds is 8. The van der Waals surface area contributed by atoms with Crippen molar-refractivity contribution in [1.82, 2.24) is 15.4 Å². The molecule has 1 N–H and O–H groups in total. The second-order valence-electron chi connectivity index (χ2n) is 8.63. The Bertz CT molecular complexity index is 812. The summed E-state index contributed by atoms with van der Waals surface area (Å²) in [5.41, 5.74) is 1.78. The molecule has 6 nitrogen and oxygen atoms in total. The molecule has 1 spiro atoms. The first-order chi connectivity index (χ1) is 14.7. The van der Waals surface area contributed by atoms with E-state index < -0.39 is 0 Å². The number of aryl methyl sites for hydroxylation is 2. The number of likely N-dealkylation sites (tertiary alicyclic amines) is 1. The van der Waals surface area contributed by atoms with E-state index in [1.807, 2.05) is 6.92 Å². The van der Waals surface area contributed by atoms with Crippen LogP contribution in [0.1, 0.15) is 60.8 Å². The Morgan fingerprint density at radius 2 is 2.03 bits per heavy atom. The van der Waals surface area contributed by atoms with Gasteiger partial charge >= 0.3 is 0 Å². The third-order valence-corrected chi connectivity index (χ3v) is 6.52. The van der Waals surface area contributed by atoms with Crippen molar-refractivity contribution in [3.05, 3.63) is 53.4 Å². The number of nitrogens with one attached hydrogen (secondary N) is 1. The quantitative estimate of drug-likeness (QED) is 0.719. The van der Waals surface area contributed by atoms with Crippen LogP contribution in [0.3, 0.4) is 0 Å². The number of benzene rings is 1. The number of hydrogen-bond acceptors (Lipinski definition) is 5. The predicted octanol–water partition coefficient (Wildman–Crippen LogP) is 3.61. The highest BCUT2D eigenvalue weighted by Gasteiger charge is 2.42. The molecule has 2 aliphatic heterocycles. The topological polar surface area (TPSA) is 67.6 Å². The van der Waals surface area contributed by atoms with Crippen LogP contribution in [0.25, 0.3) is 0 Å². The summed E-state index contributed by atoms with van der Waals surface area (Å²) in [6.07, 6.45) is 7.45. The number of aromatic nitrogens is 1. The standard InChI is InChI=1S/C24H33N3O3/c1-2-20-17-22(26-30-20)23(28)25-18-21-10-11-24(29-21)12-15-27(16-13-24)14-6-9-19-7-4-3-5-8-19/h3-5,7-8,17,21H,2,6,9-16,18H2,1H3,(H,25,28). The lowest BCUT2D eigenvalue weighted by molar-refractivity contribution is -0.0754. The molecule has 1 unspecified atom stereocenters. The first-order valence-corrected chi connectivity index (χ1v) is 11.3. The molecule has 3 heterocycles. The molecule has 1 aromatic heterocycles. The molecule has 4 rings (SSSR count). The summed E-state index contributed by atoms with van der Waals surface area (Å²) in [4.78, 5) is 14.8. The molecule has 6 heteroatoms. The van der Waals surface area contributed by atoms with Gasteiger partial charge in [0.05, 0.1) is 11.7 Å². The third-order valence-electron chi connectivity index (χ3n) is 6.52. The maximum absolute atomic E-state index is 12.2. The van der Waals surface area contributed by atoms with E-state index in [1.54, 1.807) is 6.07 Å². The minimum Gasteiger partial charge on any atom is -0.370 e. The molecule has 2 aromatic rings. The van der Waals surface area contributed by atoms with Crippen LogP contribution in [-0.4, -0.2) is 53.8 Å². The summed E-state index contributed by atoms with van der Waals surface area (Å²) in [7, 11) is 0. The molecule has 2 fully saturated rings. The molecule has 162 valence electrons. The van der Waals surface area contributed by atoms with Gasteiger partial charge in [-0.3, -0.25) is 4.79 Å². The fraction of sp³-hybridized carbons (Fsp3) is 0.583. The fourth-order valence-corrected chi connectivity index (χ4v) is 4.63. The molecule has 2 aliphatic rings. The Balaban J connectivity index is 1.16. The molecule has 2 saturated heterocycles. The number of carbonyl (C=O) groups excluding carboxylic acids is 1. The van der Waals surface area contributed by atoms with Gasteiger partial charge in [-0.2, -0.15) is 0 Å². The summed E-state index contributed by atoms with van der Waals surface area (Å²) in [6, 6.07) is 12.4. The number of carbonyl (C=O) groups is 1. The van der Waals surface area contributed by atoms with Crippen LogP contribution in [-0.2, 0) is 17.6 Å². The van der Waals surface area contributed by atoms with Crippen molar-refractivity contribution in [1.29, 1.82) is 0 Å². The molecular formula is C24H33N3O3. The van der Waals surface area contributed by atoms with Crippen LogP contribution < -0.4 is 5.32 Å². The van der Waals surface area contributed by atoms with Crippen LogP contribution in [0.2, 0.25) is 0 Å². The fourth-order valence-electron chi connectivity index (χ4n) is 4.63. The number of hydrogen-bond donors (Lipinski definition) is 1. The zero-order chi connectivity index (χ0) is 20.8. The lowest BCUT2D eigenvalue weighted by atomic mass is 9.88. The first kappa shape index (κ1) is 21.1. The van der Waals surface area contributed by atoms with E-state index in [-0.39, 0.29) is 17.6 Å². The number of piperidine rings is 1. The molecule has 1 amide bonds. The van der Waals surface area contributed by atoms with E-state index in [9.17, 15) is 4.79 Å². The van der Waals surface area contributed by atoms with Gasteiger partial charge in [0.25, 0.3) is 5.91 Å². The van der Waals surface area contributed by atoms with E-state index >= 15 is 0 Å². The largest absolute Gasteiger partial charge is 0.370 e. The Morgan fingerprint density at radius 3 is 2.77 bits per heavy atom. The molecule has 0 bridgehead atoms. The molecule has 0 aliphatic carbocycles.